The molecule has 0 amide bonds. The molecule has 3 rings (SSSR count). The van der Waals surface area contributed by atoms with Gasteiger partial charge < -0.3 is 4.57 Å². The second-order valence-electron chi connectivity index (χ2n) is 5.02. The van der Waals surface area contributed by atoms with Crippen LogP contribution in [0.15, 0.2) is 34.9 Å². The minimum absolute atomic E-state index is 0.772. The highest BCUT2D eigenvalue weighted by Gasteiger charge is 2.15. The summed E-state index contributed by atoms with van der Waals surface area (Å²) in [6.07, 6.45) is 3.04. The van der Waals surface area contributed by atoms with Crippen LogP contribution in [-0.4, -0.2) is 14.3 Å². The van der Waals surface area contributed by atoms with E-state index in [1.165, 1.54) is 11.2 Å². The number of hydrogen-bond donors (Lipinski definition) is 0. The average molecular weight is 367 g/mol. The molecule has 0 unspecified atom stereocenters. The van der Waals surface area contributed by atoms with Crippen LogP contribution in [-0.2, 0) is 19.5 Å². The molecule has 1 aromatic carbocycles. The first kappa shape index (κ1) is 14.7. The number of hydrogen-bond acceptors (Lipinski definition) is 1. The molecule has 0 spiro atoms. The standard InChI is InChI=1S/C16H17BrClN3/c1-3-13-16(17)15(21(4-2)19-13)10-20-8-7-11-9-12(18)5-6-14(11)20/h5-9H,3-4,10H2,1-2H3. The van der Waals surface area contributed by atoms with Crippen molar-refractivity contribution >= 4 is 38.4 Å². The van der Waals surface area contributed by atoms with Gasteiger partial charge >= 0.3 is 0 Å². The predicted octanol–water partition coefficient (Wildman–Crippen LogP) is 4.88. The van der Waals surface area contributed by atoms with Crippen LogP contribution >= 0.6 is 27.5 Å². The van der Waals surface area contributed by atoms with Crippen LogP contribution in [0.1, 0.15) is 25.2 Å². The monoisotopic (exact) mass is 365 g/mol. The molecular weight excluding hydrogens is 350 g/mol. The maximum atomic E-state index is 6.05. The van der Waals surface area contributed by atoms with Crippen LogP contribution in [0.5, 0.6) is 0 Å². The molecule has 0 atom stereocenters. The van der Waals surface area contributed by atoms with Gasteiger partial charge in [-0.25, -0.2) is 0 Å². The van der Waals surface area contributed by atoms with Crippen molar-refractivity contribution in [3.8, 4) is 0 Å². The minimum atomic E-state index is 0.772. The van der Waals surface area contributed by atoms with E-state index in [9.17, 15) is 0 Å². The molecule has 5 heteroatoms. The van der Waals surface area contributed by atoms with Gasteiger partial charge in [0.2, 0.25) is 0 Å². The number of fused-ring (bicyclic) bond motifs is 1. The highest BCUT2D eigenvalue weighted by atomic mass is 79.9. The summed E-state index contributed by atoms with van der Waals surface area (Å²) in [6, 6.07) is 8.10. The normalized spacial score (nSPS) is 11.4. The van der Waals surface area contributed by atoms with Crippen LogP contribution in [0.3, 0.4) is 0 Å². The Hall–Kier alpha value is -1.26. The number of benzene rings is 1. The number of aromatic nitrogens is 3. The summed E-state index contributed by atoms with van der Waals surface area (Å²) in [5.41, 5.74) is 3.52. The van der Waals surface area contributed by atoms with Gasteiger partial charge in [0.1, 0.15) is 0 Å². The first-order chi connectivity index (χ1) is 10.1. The molecular formula is C16H17BrClN3. The Labute approximate surface area is 137 Å². The highest BCUT2D eigenvalue weighted by molar-refractivity contribution is 9.10. The van der Waals surface area contributed by atoms with Crippen molar-refractivity contribution in [2.75, 3.05) is 0 Å². The average Bonchev–Trinajstić information content (AvgIpc) is 3.01. The van der Waals surface area contributed by atoms with E-state index >= 15 is 0 Å². The van der Waals surface area contributed by atoms with Crippen molar-refractivity contribution in [2.24, 2.45) is 0 Å². The fourth-order valence-corrected chi connectivity index (χ4v) is 3.51. The highest BCUT2D eigenvalue weighted by Crippen LogP contribution is 2.26. The first-order valence-electron chi connectivity index (χ1n) is 7.12. The van der Waals surface area contributed by atoms with Gasteiger partial charge in [0, 0.05) is 28.7 Å². The molecule has 0 radical (unpaired) electrons. The van der Waals surface area contributed by atoms with E-state index in [2.05, 4.69) is 62.5 Å². The molecule has 0 N–H and O–H groups in total. The second-order valence-corrected chi connectivity index (χ2v) is 6.25. The van der Waals surface area contributed by atoms with Crippen molar-refractivity contribution in [3.63, 3.8) is 0 Å². The lowest BCUT2D eigenvalue weighted by atomic mass is 10.2. The Bertz CT molecular complexity index is 788. The first-order valence-corrected chi connectivity index (χ1v) is 8.29. The molecule has 0 aliphatic heterocycles. The second kappa shape index (κ2) is 5.85. The van der Waals surface area contributed by atoms with Gasteiger partial charge in [-0.3, -0.25) is 4.68 Å². The van der Waals surface area contributed by atoms with Crippen LogP contribution < -0.4 is 0 Å². The largest absolute Gasteiger partial charge is 0.341 e. The molecule has 0 fully saturated rings. The van der Waals surface area contributed by atoms with Crippen LogP contribution in [0, 0.1) is 0 Å². The number of halogens is 2. The molecule has 0 bridgehead atoms. The molecule has 3 aromatic rings. The van der Waals surface area contributed by atoms with Gasteiger partial charge in [0.15, 0.2) is 0 Å². The van der Waals surface area contributed by atoms with Gasteiger partial charge in [0.25, 0.3) is 0 Å². The summed E-state index contributed by atoms with van der Waals surface area (Å²) in [5.74, 6) is 0. The molecule has 3 nitrogen and oxygen atoms in total. The van der Waals surface area contributed by atoms with E-state index in [0.717, 1.165) is 40.1 Å². The molecule has 0 saturated heterocycles. The molecule has 110 valence electrons. The number of nitrogens with zero attached hydrogens (tertiary/aromatic N) is 3. The van der Waals surface area contributed by atoms with Crippen molar-refractivity contribution in [1.29, 1.82) is 0 Å². The molecule has 0 aliphatic carbocycles. The number of rotatable bonds is 4. The summed E-state index contributed by atoms with van der Waals surface area (Å²) >= 11 is 9.76. The Morgan fingerprint density at radius 1 is 1.24 bits per heavy atom. The zero-order chi connectivity index (χ0) is 15.0. The van der Waals surface area contributed by atoms with E-state index in [1.54, 1.807) is 0 Å². The zero-order valence-electron chi connectivity index (χ0n) is 12.1. The van der Waals surface area contributed by atoms with Crippen molar-refractivity contribution in [1.82, 2.24) is 14.3 Å². The Kier molecular flexibility index (Phi) is 4.09. The quantitative estimate of drug-likeness (QED) is 0.645. The summed E-state index contributed by atoms with van der Waals surface area (Å²) in [4.78, 5) is 0. The van der Waals surface area contributed by atoms with Crippen molar-refractivity contribution in [2.45, 2.75) is 33.4 Å². The summed E-state index contributed by atoms with van der Waals surface area (Å²) in [5, 5.41) is 6.59. The SMILES string of the molecule is CCc1nn(CC)c(Cn2ccc3cc(Cl)ccc32)c1Br. The molecule has 0 saturated carbocycles. The fraction of sp³-hybridized carbons (Fsp3) is 0.312. The van der Waals surface area contributed by atoms with Gasteiger partial charge in [0.05, 0.1) is 22.4 Å². The van der Waals surface area contributed by atoms with Crippen LogP contribution in [0.4, 0.5) is 0 Å². The molecule has 21 heavy (non-hydrogen) atoms. The van der Waals surface area contributed by atoms with E-state index < -0.39 is 0 Å². The fourth-order valence-electron chi connectivity index (χ4n) is 2.64. The van der Waals surface area contributed by atoms with E-state index in [1.807, 2.05) is 12.1 Å². The maximum absolute atomic E-state index is 6.05. The zero-order valence-corrected chi connectivity index (χ0v) is 14.4. The Balaban J connectivity index is 2.04. The summed E-state index contributed by atoms with van der Waals surface area (Å²) in [7, 11) is 0. The minimum Gasteiger partial charge on any atom is -0.341 e. The third-order valence-electron chi connectivity index (χ3n) is 3.75. The number of aryl methyl sites for hydroxylation is 2. The Morgan fingerprint density at radius 2 is 2.05 bits per heavy atom. The third-order valence-corrected chi connectivity index (χ3v) is 4.90. The van der Waals surface area contributed by atoms with Crippen molar-refractivity contribution < 1.29 is 0 Å². The third kappa shape index (κ3) is 2.62. The van der Waals surface area contributed by atoms with E-state index in [-0.39, 0.29) is 0 Å². The Morgan fingerprint density at radius 3 is 2.76 bits per heavy atom. The molecule has 2 aromatic heterocycles. The maximum Gasteiger partial charge on any atom is 0.0767 e. The summed E-state index contributed by atoms with van der Waals surface area (Å²) < 4.78 is 5.44. The lowest BCUT2D eigenvalue weighted by Crippen LogP contribution is -2.07. The summed E-state index contributed by atoms with van der Waals surface area (Å²) in [6.45, 7) is 5.92. The lowest BCUT2D eigenvalue weighted by molar-refractivity contribution is 0.598. The van der Waals surface area contributed by atoms with Gasteiger partial charge in [-0.2, -0.15) is 5.10 Å². The van der Waals surface area contributed by atoms with Gasteiger partial charge in [-0.15, -0.1) is 0 Å². The van der Waals surface area contributed by atoms with Gasteiger partial charge in [-0.1, -0.05) is 18.5 Å². The van der Waals surface area contributed by atoms with E-state index in [4.69, 9.17) is 11.6 Å². The molecule has 0 aliphatic rings. The van der Waals surface area contributed by atoms with E-state index in [0.29, 0.717) is 0 Å². The topological polar surface area (TPSA) is 22.8 Å². The van der Waals surface area contributed by atoms with Crippen LogP contribution in [0.2, 0.25) is 5.02 Å². The predicted molar refractivity (Wildman–Crippen MR) is 91.0 cm³/mol. The van der Waals surface area contributed by atoms with Gasteiger partial charge in [-0.05, 0) is 53.5 Å². The smallest absolute Gasteiger partial charge is 0.0767 e. The van der Waals surface area contributed by atoms with Crippen molar-refractivity contribution in [3.05, 3.63) is 51.3 Å². The van der Waals surface area contributed by atoms with Crippen LogP contribution in [0.25, 0.3) is 10.9 Å². The lowest BCUT2D eigenvalue weighted by Gasteiger charge is -2.08. The molecule has 2 heterocycles.